The summed E-state index contributed by atoms with van der Waals surface area (Å²) in [5.74, 6) is 2.06. The summed E-state index contributed by atoms with van der Waals surface area (Å²) in [6, 6.07) is 16.7. The Morgan fingerprint density at radius 3 is 2.70 bits per heavy atom. The predicted octanol–water partition coefficient (Wildman–Crippen LogP) is 3.62. The monoisotopic (exact) mass is 443 g/mol. The molecule has 9 heteroatoms. The van der Waals surface area contributed by atoms with Crippen LogP contribution in [-0.2, 0) is 13.2 Å². The molecule has 5 rings (SSSR count). The van der Waals surface area contributed by atoms with Crippen LogP contribution in [0.1, 0.15) is 21.7 Å². The molecule has 1 aliphatic rings. The average molecular weight is 443 g/mol. The Morgan fingerprint density at radius 1 is 1.06 bits per heavy atom. The van der Waals surface area contributed by atoms with Crippen molar-refractivity contribution in [3.8, 4) is 28.6 Å². The number of hydrogen-bond donors (Lipinski definition) is 1. The molecule has 0 bridgehead atoms. The molecule has 1 amide bonds. The molecule has 0 atom stereocenters. The molecule has 0 spiro atoms. The van der Waals surface area contributed by atoms with E-state index in [0.29, 0.717) is 47.6 Å². The molecule has 0 radical (unpaired) electrons. The maximum atomic E-state index is 13.0. The molecule has 1 aromatic carbocycles. The highest BCUT2D eigenvalue weighted by molar-refractivity contribution is 6.09. The van der Waals surface area contributed by atoms with E-state index >= 15 is 0 Å². The van der Waals surface area contributed by atoms with Gasteiger partial charge in [-0.3, -0.25) is 19.8 Å². The number of hydrogen-bond acceptors (Lipinski definition) is 7. The molecular weight excluding hydrogens is 422 g/mol. The van der Waals surface area contributed by atoms with Crippen LogP contribution in [0, 0.1) is 0 Å². The molecule has 4 heterocycles. The number of nitrogens with one attached hydrogen (secondary N) is 1. The second-order valence-electron chi connectivity index (χ2n) is 7.37. The molecule has 3 aromatic heterocycles. The molecule has 166 valence electrons. The molecule has 0 fully saturated rings. The number of carbonyl (C=O) groups is 1. The number of ether oxygens (including phenoxy) is 3. The van der Waals surface area contributed by atoms with Crippen LogP contribution in [0.4, 0.5) is 5.82 Å². The van der Waals surface area contributed by atoms with Crippen molar-refractivity contribution in [1.29, 1.82) is 0 Å². The van der Waals surface area contributed by atoms with Crippen LogP contribution >= 0.6 is 0 Å². The smallest absolute Gasteiger partial charge is 0.261 e. The van der Waals surface area contributed by atoms with Crippen LogP contribution in [0.2, 0.25) is 0 Å². The average Bonchev–Trinajstić information content (AvgIpc) is 3.47. The maximum Gasteiger partial charge on any atom is 0.261 e. The van der Waals surface area contributed by atoms with Crippen LogP contribution in [0.3, 0.4) is 0 Å². The second kappa shape index (κ2) is 8.62. The second-order valence-corrected chi connectivity index (χ2v) is 7.37. The zero-order chi connectivity index (χ0) is 22.8. The van der Waals surface area contributed by atoms with Gasteiger partial charge in [0.25, 0.3) is 11.8 Å². The van der Waals surface area contributed by atoms with Gasteiger partial charge >= 0.3 is 0 Å². The van der Waals surface area contributed by atoms with Crippen molar-refractivity contribution in [2.24, 2.45) is 0 Å². The minimum atomic E-state index is -0.142. The molecule has 0 aliphatic carbocycles. The summed E-state index contributed by atoms with van der Waals surface area (Å²) in [6.07, 6.45) is 1.66. The zero-order valence-electron chi connectivity index (χ0n) is 18.1. The summed E-state index contributed by atoms with van der Waals surface area (Å²) in [4.78, 5) is 23.5. The quantitative estimate of drug-likeness (QED) is 0.465. The summed E-state index contributed by atoms with van der Waals surface area (Å²) in [5.41, 5.74) is 3.45. The van der Waals surface area contributed by atoms with Gasteiger partial charge in [-0.25, -0.2) is 4.98 Å². The van der Waals surface area contributed by atoms with Gasteiger partial charge in [-0.05, 0) is 30.3 Å². The van der Waals surface area contributed by atoms with Gasteiger partial charge < -0.3 is 14.2 Å². The van der Waals surface area contributed by atoms with Crippen molar-refractivity contribution in [2.75, 3.05) is 19.1 Å². The first-order valence-corrected chi connectivity index (χ1v) is 10.3. The Balaban J connectivity index is 1.34. The molecule has 0 saturated carbocycles. The third-order valence-corrected chi connectivity index (χ3v) is 5.32. The fraction of sp³-hybridized carbons (Fsp3) is 0.167. The lowest BCUT2D eigenvalue weighted by Crippen LogP contribution is -2.23. The number of carbonyl (C=O) groups excluding carboxylic acids is 1. The number of fused-ring (bicyclic) bond motifs is 1. The van der Waals surface area contributed by atoms with Crippen molar-refractivity contribution in [3.63, 3.8) is 0 Å². The maximum absolute atomic E-state index is 13.0. The summed E-state index contributed by atoms with van der Waals surface area (Å²) in [5, 5.41) is 7.24. The summed E-state index contributed by atoms with van der Waals surface area (Å²) >= 11 is 0. The van der Waals surface area contributed by atoms with Crippen molar-refractivity contribution in [2.45, 2.75) is 13.2 Å². The molecule has 33 heavy (non-hydrogen) atoms. The lowest BCUT2D eigenvalue weighted by atomic mass is 10.1. The Labute approximate surface area is 190 Å². The molecule has 0 saturated heterocycles. The number of pyridine rings is 2. The van der Waals surface area contributed by atoms with Gasteiger partial charge in [0.15, 0.2) is 11.6 Å². The van der Waals surface area contributed by atoms with Gasteiger partial charge in [0.05, 0.1) is 43.4 Å². The summed E-state index contributed by atoms with van der Waals surface area (Å²) in [6.45, 7) is 0.646. The highest BCUT2D eigenvalue weighted by Gasteiger charge is 2.31. The Hall–Kier alpha value is -4.40. The Morgan fingerprint density at radius 2 is 1.91 bits per heavy atom. The number of rotatable bonds is 7. The number of anilines is 1. The number of nitrogens with zero attached hydrogens (tertiary/aromatic N) is 4. The van der Waals surface area contributed by atoms with E-state index in [4.69, 9.17) is 19.2 Å². The van der Waals surface area contributed by atoms with E-state index in [9.17, 15) is 4.79 Å². The number of methoxy groups -OCH3 is 2. The number of benzene rings is 1. The third kappa shape index (κ3) is 3.96. The lowest BCUT2D eigenvalue weighted by molar-refractivity contribution is 0.0996. The van der Waals surface area contributed by atoms with Crippen LogP contribution < -0.4 is 19.1 Å². The number of aromatic amines is 1. The molecule has 4 aromatic rings. The zero-order valence-corrected chi connectivity index (χ0v) is 18.1. The molecule has 1 N–H and O–H groups in total. The van der Waals surface area contributed by atoms with E-state index in [0.717, 1.165) is 17.0 Å². The summed E-state index contributed by atoms with van der Waals surface area (Å²) < 4.78 is 16.3. The Bertz CT molecular complexity index is 1310. The molecule has 0 unspecified atom stereocenters. The standard InChI is InChI=1S/C24H21N5O4/c1-31-21-10-15(12-25-23(21)32-2)19-9-8-18-20(26-19)13-29(24(18)30)22-11-16(27-28-22)14-33-17-6-4-3-5-7-17/h3-12H,13-14H2,1-2H3,(H,27,28). The summed E-state index contributed by atoms with van der Waals surface area (Å²) in [7, 11) is 3.09. The first kappa shape index (κ1) is 20.5. The molecule has 9 nitrogen and oxygen atoms in total. The fourth-order valence-corrected chi connectivity index (χ4v) is 3.64. The van der Waals surface area contributed by atoms with Gasteiger partial charge in [0.1, 0.15) is 12.4 Å². The van der Waals surface area contributed by atoms with Crippen molar-refractivity contribution < 1.29 is 19.0 Å². The van der Waals surface area contributed by atoms with E-state index in [1.807, 2.05) is 42.5 Å². The van der Waals surface area contributed by atoms with Gasteiger partial charge in [0, 0.05) is 17.8 Å². The first-order chi connectivity index (χ1) is 16.2. The van der Waals surface area contributed by atoms with Gasteiger partial charge in [-0.1, -0.05) is 18.2 Å². The van der Waals surface area contributed by atoms with E-state index in [1.165, 1.54) is 7.11 Å². The minimum Gasteiger partial charge on any atom is -0.491 e. The highest BCUT2D eigenvalue weighted by Crippen LogP contribution is 2.32. The largest absolute Gasteiger partial charge is 0.491 e. The van der Waals surface area contributed by atoms with Crippen molar-refractivity contribution >= 4 is 11.7 Å². The van der Waals surface area contributed by atoms with Crippen LogP contribution in [0.15, 0.2) is 60.8 Å². The van der Waals surface area contributed by atoms with E-state index in [2.05, 4.69) is 15.2 Å². The minimum absolute atomic E-state index is 0.142. The van der Waals surface area contributed by atoms with E-state index in [1.54, 1.807) is 30.3 Å². The first-order valence-electron chi connectivity index (χ1n) is 10.3. The van der Waals surface area contributed by atoms with Gasteiger partial charge in [0.2, 0.25) is 0 Å². The van der Waals surface area contributed by atoms with Crippen LogP contribution in [-0.4, -0.2) is 40.3 Å². The van der Waals surface area contributed by atoms with Crippen molar-refractivity contribution in [3.05, 3.63) is 77.7 Å². The third-order valence-electron chi connectivity index (χ3n) is 5.32. The van der Waals surface area contributed by atoms with E-state index < -0.39 is 0 Å². The fourth-order valence-electron chi connectivity index (χ4n) is 3.64. The normalized spacial score (nSPS) is 12.5. The Kier molecular flexibility index (Phi) is 5.35. The number of amides is 1. The van der Waals surface area contributed by atoms with Gasteiger partial charge in [-0.2, -0.15) is 5.10 Å². The van der Waals surface area contributed by atoms with Crippen LogP contribution in [0.5, 0.6) is 17.4 Å². The predicted molar refractivity (Wildman–Crippen MR) is 120 cm³/mol. The lowest BCUT2D eigenvalue weighted by Gasteiger charge is -2.10. The van der Waals surface area contributed by atoms with E-state index in [-0.39, 0.29) is 5.91 Å². The molecule has 1 aliphatic heterocycles. The SMILES string of the molecule is COc1cc(-c2ccc3c(n2)CN(c2cc(COc4ccccc4)[nH]n2)C3=O)cnc1OC. The van der Waals surface area contributed by atoms with Crippen molar-refractivity contribution in [1.82, 2.24) is 20.2 Å². The molecular formula is C24H21N5O4. The number of aromatic nitrogens is 4. The number of H-pyrrole nitrogens is 1. The topological polar surface area (TPSA) is 102 Å². The highest BCUT2D eigenvalue weighted by atomic mass is 16.5. The van der Waals surface area contributed by atoms with Crippen LogP contribution in [0.25, 0.3) is 11.3 Å². The number of para-hydroxylation sites is 1. The van der Waals surface area contributed by atoms with Gasteiger partial charge in [-0.15, -0.1) is 0 Å².